The van der Waals surface area contributed by atoms with Gasteiger partial charge < -0.3 is 19.5 Å². The molecule has 0 bridgehead atoms. The van der Waals surface area contributed by atoms with Crippen LogP contribution < -0.4 is 14.8 Å². The molecular formula is C19H19NO5. The first-order valence-corrected chi connectivity index (χ1v) is 7.95. The Hall–Kier alpha value is -3.02. The van der Waals surface area contributed by atoms with E-state index in [2.05, 4.69) is 5.32 Å². The molecule has 2 aromatic carbocycles. The van der Waals surface area contributed by atoms with Crippen molar-refractivity contribution in [2.24, 2.45) is 0 Å². The summed E-state index contributed by atoms with van der Waals surface area (Å²) in [4.78, 5) is 24.0. The molecule has 1 aliphatic heterocycles. The molecule has 1 atom stereocenters. The van der Waals surface area contributed by atoms with Crippen molar-refractivity contribution in [2.45, 2.75) is 20.0 Å². The number of anilines is 1. The van der Waals surface area contributed by atoms with Crippen LogP contribution in [0.4, 0.5) is 5.69 Å². The molecule has 0 saturated heterocycles. The second-order valence-corrected chi connectivity index (χ2v) is 5.82. The molecule has 6 nitrogen and oxygen atoms in total. The van der Waals surface area contributed by atoms with Crippen LogP contribution in [0.2, 0.25) is 0 Å². The summed E-state index contributed by atoms with van der Waals surface area (Å²) in [6.07, 6.45) is -0.885. The maximum Gasteiger partial charge on any atom is 0.351 e. The SMILES string of the molecule is Cc1ccc(NC(=O)COC(=O)C2COc3ccccc3O2)cc1C. The van der Waals surface area contributed by atoms with Crippen molar-refractivity contribution in [1.29, 1.82) is 0 Å². The molecule has 25 heavy (non-hydrogen) atoms. The Balaban J connectivity index is 1.50. The molecule has 1 unspecified atom stereocenters. The Kier molecular flexibility index (Phi) is 4.88. The quantitative estimate of drug-likeness (QED) is 0.866. The number of carbonyl (C=O) groups is 2. The summed E-state index contributed by atoms with van der Waals surface area (Å²) < 4.78 is 16.0. The third-order valence-electron chi connectivity index (χ3n) is 3.91. The molecule has 130 valence electrons. The van der Waals surface area contributed by atoms with Gasteiger partial charge in [0.2, 0.25) is 6.10 Å². The summed E-state index contributed by atoms with van der Waals surface area (Å²) >= 11 is 0. The van der Waals surface area contributed by atoms with E-state index in [1.807, 2.05) is 32.0 Å². The van der Waals surface area contributed by atoms with Gasteiger partial charge in [0, 0.05) is 5.69 Å². The fraction of sp³-hybridized carbons (Fsp3) is 0.263. The van der Waals surface area contributed by atoms with Crippen LogP contribution in [0.15, 0.2) is 42.5 Å². The van der Waals surface area contributed by atoms with Gasteiger partial charge in [-0.25, -0.2) is 4.79 Å². The molecule has 0 aliphatic carbocycles. The predicted molar refractivity (Wildman–Crippen MR) is 91.9 cm³/mol. The highest BCUT2D eigenvalue weighted by Crippen LogP contribution is 2.31. The van der Waals surface area contributed by atoms with Gasteiger partial charge in [0.1, 0.15) is 6.61 Å². The van der Waals surface area contributed by atoms with E-state index < -0.39 is 18.0 Å². The zero-order valence-electron chi connectivity index (χ0n) is 14.1. The molecule has 3 rings (SSSR count). The first kappa shape index (κ1) is 16.8. The molecule has 6 heteroatoms. The fourth-order valence-electron chi connectivity index (χ4n) is 2.38. The van der Waals surface area contributed by atoms with E-state index in [9.17, 15) is 9.59 Å². The highest BCUT2D eigenvalue weighted by atomic mass is 16.6. The standard InChI is InChI=1S/C19H19NO5/c1-12-7-8-14(9-13(12)2)20-18(21)11-24-19(22)17-10-23-15-5-3-4-6-16(15)25-17/h3-9,17H,10-11H2,1-2H3,(H,20,21). The van der Waals surface area contributed by atoms with Crippen LogP contribution in [-0.4, -0.2) is 31.2 Å². The van der Waals surface area contributed by atoms with Crippen molar-refractivity contribution in [2.75, 3.05) is 18.5 Å². The van der Waals surface area contributed by atoms with Crippen LogP contribution in [0, 0.1) is 13.8 Å². The van der Waals surface area contributed by atoms with E-state index in [1.54, 1.807) is 24.3 Å². The van der Waals surface area contributed by atoms with Crippen LogP contribution in [0.5, 0.6) is 11.5 Å². The molecule has 0 spiro atoms. The molecule has 1 amide bonds. The molecule has 1 aliphatic rings. The normalized spacial score (nSPS) is 15.4. The van der Waals surface area contributed by atoms with E-state index >= 15 is 0 Å². The minimum Gasteiger partial charge on any atom is -0.485 e. The largest absolute Gasteiger partial charge is 0.485 e. The Labute approximate surface area is 145 Å². The average molecular weight is 341 g/mol. The number of hydrogen-bond acceptors (Lipinski definition) is 5. The maximum absolute atomic E-state index is 12.1. The number of benzene rings is 2. The Bertz CT molecular complexity index is 802. The topological polar surface area (TPSA) is 73.9 Å². The van der Waals surface area contributed by atoms with E-state index in [0.717, 1.165) is 11.1 Å². The van der Waals surface area contributed by atoms with Crippen molar-refractivity contribution in [3.63, 3.8) is 0 Å². The third-order valence-corrected chi connectivity index (χ3v) is 3.91. The molecule has 0 saturated carbocycles. The second kappa shape index (κ2) is 7.25. The summed E-state index contributed by atoms with van der Waals surface area (Å²) in [6.45, 7) is 3.62. The first-order chi connectivity index (χ1) is 12.0. The van der Waals surface area contributed by atoms with Crippen LogP contribution in [0.3, 0.4) is 0 Å². The van der Waals surface area contributed by atoms with Crippen LogP contribution >= 0.6 is 0 Å². The molecule has 1 heterocycles. The lowest BCUT2D eigenvalue weighted by Crippen LogP contribution is -2.39. The van der Waals surface area contributed by atoms with E-state index in [-0.39, 0.29) is 13.2 Å². The number of para-hydroxylation sites is 2. The highest BCUT2D eigenvalue weighted by Gasteiger charge is 2.29. The maximum atomic E-state index is 12.1. The highest BCUT2D eigenvalue weighted by molar-refractivity contribution is 5.93. The zero-order valence-corrected chi connectivity index (χ0v) is 14.1. The Morgan fingerprint density at radius 1 is 1.12 bits per heavy atom. The number of nitrogens with one attached hydrogen (secondary N) is 1. The molecule has 2 aromatic rings. The number of fused-ring (bicyclic) bond motifs is 1. The zero-order chi connectivity index (χ0) is 17.8. The van der Waals surface area contributed by atoms with Gasteiger partial charge in [0.15, 0.2) is 18.1 Å². The summed E-state index contributed by atoms with van der Waals surface area (Å²) in [5.74, 6) is 0.0211. The summed E-state index contributed by atoms with van der Waals surface area (Å²) in [6, 6.07) is 12.7. The van der Waals surface area contributed by atoms with Gasteiger partial charge in [-0.05, 0) is 49.2 Å². The summed E-state index contributed by atoms with van der Waals surface area (Å²) in [5, 5.41) is 2.70. The number of aryl methyl sites for hydroxylation is 2. The summed E-state index contributed by atoms with van der Waals surface area (Å²) in [5.41, 5.74) is 2.87. The number of hydrogen-bond donors (Lipinski definition) is 1. The van der Waals surface area contributed by atoms with Crippen molar-refractivity contribution < 1.29 is 23.8 Å². The van der Waals surface area contributed by atoms with Crippen molar-refractivity contribution >= 4 is 17.6 Å². The van der Waals surface area contributed by atoms with Gasteiger partial charge in [-0.1, -0.05) is 18.2 Å². The Morgan fingerprint density at radius 2 is 1.88 bits per heavy atom. The van der Waals surface area contributed by atoms with E-state index in [4.69, 9.17) is 14.2 Å². The van der Waals surface area contributed by atoms with E-state index in [0.29, 0.717) is 17.2 Å². The first-order valence-electron chi connectivity index (χ1n) is 7.95. The third kappa shape index (κ3) is 4.09. The van der Waals surface area contributed by atoms with Crippen molar-refractivity contribution in [1.82, 2.24) is 0 Å². The second-order valence-electron chi connectivity index (χ2n) is 5.82. The lowest BCUT2D eigenvalue weighted by atomic mass is 10.1. The number of ether oxygens (including phenoxy) is 3. The van der Waals surface area contributed by atoms with Gasteiger partial charge >= 0.3 is 5.97 Å². The molecule has 0 radical (unpaired) electrons. The molecular weight excluding hydrogens is 322 g/mol. The number of esters is 1. The Morgan fingerprint density at radius 3 is 2.64 bits per heavy atom. The minimum atomic E-state index is -0.885. The van der Waals surface area contributed by atoms with Gasteiger partial charge in [-0.15, -0.1) is 0 Å². The van der Waals surface area contributed by atoms with Crippen LogP contribution in [0.1, 0.15) is 11.1 Å². The van der Waals surface area contributed by atoms with Crippen molar-refractivity contribution in [3.05, 3.63) is 53.6 Å². The predicted octanol–water partition coefficient (Wildman–Crippen LogP) is 2.63. The van der Waals surface area contributed by atoms with E-state index in [1.165, 1.54) is 0 Å². The van der Waals surface area contributed by atoms with Crippen LogP contribution in [-0.2, 0) is 14.3 Å². The fourth-order valence-corrected chi connectivity index (χ4v) is 2.38. The molecule has 1 N–H and O–H groups in total. The summed E-state index contributed by atoms with van der Waals surface area (Å²) in [7, 11) is 0. The van der Waals surface area contributed by atoms with Gasteiger partial charge in [-0.3, -0.25) is 4.79 Å². The monoisotopic (exact) mass is 341 g/mol. The average Bonchev–Trinajstić information content (AvgIpc) is 2.62. The minimum absolute atomic E-state index is 0.0502. The lowest BCUT2D eigenvalue weighted by Gasteiger charge is -2.24. The smallest absolute Gasteiger partial charge is 0.351 e. The van der Waals surface area contributed by atoms with Gasteiger partial charge in [0.05, 0.1) is 0 Å². The number of amides is 1. The van der Waals surface area contributed by atoms with Crippen molar-refractivity contribution in [3.8, 4) is 11.5 Å². The molecule has 0 aromatic heterocycles. The number of carbonyl (C=O) groups excluding carboxylic acids is 2. The number of rotatable bonds is 4. The van der Waals surface area contributed by atoms with Gasteiger partial charge in [-0.2, -0.15) is 0 Å². The lowest BCUT2D eigenvalue weighted by molar-refractivity contribution is -0.156. The van der Waals surface area contributed by atoms with Crippen LogP contribution in [0.25, 0.3) is 0 Å². The molecule has 0 fully saturated rings. The van der Waals surface area contributed by atoms with Gasteiger partial charge in [0.25, 0.3) is 5.91 Å².